The fourth-order valence-corrected chi connectivity index (χ4v) is 2.65. The van der Waals surface area contributed by atoms with Crippen LogP contribution in [-0.4, -0.2) is 12.1 Å². The molecular formula is C16H15ClN2O. The number of nitrogens with two attached hydrogens (primary N) is 1. The van der Waals surface area contributed by atoms with E-state index in [1.807, 2.05) is 36.5 Å². The van der Waals surface area contributed by atoms with Crippen LogP contribution in [0.25, 0.3) is 10.9 Å². The summed E-state index contributed by atoms with van der Waals surface area (Å²) in [5.41, 5.74) is 9.39. The molecule has 3 N–H and O–H groups in total. The van der Waals surface area contributed by atoms with E-state index in [4.69, 9.17) is 22.1 Å². The van der Waals surface area contributed by atoms with Crippen LogP contribution in [0.4, 0.5) is 0 Å². The molecule has 0 saturated carbocycles. The molecule has 0 bridgehead atoms. The SMILES string of the molecule is COc1ccc(Cl)cc1C(N)c1c[nH]c2ccccc12. The van der Waals surface area contributed by atoms with Crippen molar-refractivity contribution in [1.29, 1.82) is 0 Å². The second-order valence-corrected chi connectivity index (χ2v) is 5.09. The largest absolute Gasteiger partial charge is 0.496 e. The molecule has 1 aromatic heterocycles. The first-order valence-electron chi connectivity index (χ1n) is 6.35. The van der Waals surface area contributed by atoms with E-state index >= 15 is 0 Å². The maximum Gasteiger partial charge on any atom is 0.124 e. The summed E-state index contributed by atoms with van der Waals surface area (Å²) in [6.07, 6.45) is 1.94. The van der Waals surface area contributed by atoms with E-state index in [2.05, 4.69) is 11.1 Å². The highest BCUT2D eigenvalue weighted by Crippen LogP contribution is 2.33. The third-order valence-electron chi connectivity index (χ3n) is 3.48. The Labute approximate surface area is 122 Å². The first-order valence-corrected chi connectivity index (χ1v) is 6.73. The Morgan fingerprint density at radius 2 is 1.95 bits per heavy atom. The van der Waals surface area contributed by atoms with Crippen LogP contribution in [0.1, 0.15) is 17.2 Å². The van der Waals surface area contributed by atoms with Gasteiger partial charge in [-0.15, -0.1) is 0 Å². The van der Waals surface area contributed by atoms with Crippen LogP contribution in [0, 0.1) is 0 Å². The Bertz CT molecular complexity index is 751. The van der Waals surface area contributed by atoms with Crippen molar-refractivity contribution in [2.24, 2.45) is 5.73 Å². The average molecular weight is 287 g/mol. The molecule has 4 heteroatoms. The molecule has 0 radical (unpaired) electrons. The van der Waals surface area contributed by atoms with Gasteiger partial charge < -0.3 is 15.5 Å². The molecule has 1 heterocycles. The van der Waals surface area contributed by atoms with Crippen molar-refractivity contribution in [3.8, 4) is 5.75 Å². The molecule has 0 fully saturated rings. The number of hydrogen-bond acceptors (Lipinski definition) is 2. The number of benzene rings is 2. The fourth-order valence-electron chi connectivity index (χ4n) is 2.47. The molecule has 3 rings (SSSR count). The maximum absolute atomic E-state index is 6.41. The number of aromatic amines is 1. The molecule has 1 atom stereocenters. The van der Waals surface area contributed by atoms with E-state index in [9.17, 15) is 0 Å². The predicted octanol–water partition coefficient (Wildman–Crippen LogP) is 3.88. The topological polar surface area (TPSA) is 51.0 Å². The lowest BCUT2D eigenvalue weighted by molar-refractivity contribution is 0.408. The lowest BCUT2D eigenvalue weighted by atomic mass is 9.98. The Kier molecular flexibility index (Phi) is 3.38. The average Bonchev–Trinajstić information content (AvgIpc) is 2.90. The normalized spacial score (nSPS) is 12.6. The smallest absolute Gasteiger partial charge is 0.124 e. The van der Waals surface area contributed by atoms with Crippen molar-refractivity contribution < 1.29 is 4.74 Å². The molecule has 0 aliphatic heterocycles. The van der Waals surface area contributed by atoms with Gasteiger partial charge in [-0.2, -0.15) is 0 Å². The summed E-state index contributed by atoms with van der Waals surface area (Å²) in [6, 6.07) is 13.3. The molecule has 0 saturated heterocycles. The van der Waals surface area contributed by atoms with Gasteiger partial charge in [0.25, 0.3) is 0 Å². The predicted molar refractivity (Wildman–Crippen MR) is 82.3 cm³/mol. The molecule has 0 amide bonds. The first-order chi connectivity index (χ1) is 9.70. The van der Waals surface area contributed by atoms with E-state index in [1.54, 1.807) is 13.2 Å². The zero-order chi connectivity index (χ0) is 14.1. The number of fused-ring (bicyclic) bond motifs is 1. The van der Waals surface area contributed by atoms with Crippen LogP contribution in [0.15, 0.2) is 48.7 Å². The van der Waals surface area contributed by atoms with E-state index in [0.29, 0.717) is 5.02 Å². The Balaban J connectivity index is 2.13. The number of aromatic nitrogens is 1. The van der Waals surface area contributed by atoms with Gasteiger partial charge in [0.15, 0.2) is 0 Å². The van der Waals surface area contributed by atoms with Crippen LogP contribution in [0.2, 0.25) is 5.02 Å². The molecule has 3 nitrogen and oxygen atoms in total. The lowest BCUT2D eigenvalue weighted by Gasteiger charge is -2.15. The van der Waals surface area contributed by atoms with Gasteiger partial charge in [0.1, 0.15) is 5.75 Å². The minimum atomic E-state index is -0.292. The third kappa shape index (κ3) is 2.15. The third-order valence-corrected chi connectivity index (χ3v) is 3.72. The molecular weight excluding hydrogens is 272 g/mol. The fraction of sp³-hybridized carbons (Fsp3) is 0.125. The summed E-state index contributed by atoms with van der Waals surface area (Å²) in [7, 11) is 1.63. The lowest BCUT2D eigenvalue weighted by Crippen LogP contribution is -2.12. The maximum atomic E-state index is 6.41. The van der Waals surface area contributed by atoms with Gasteiger partial charge in [0, 0.05) is 27.7 Å². The quantitative estimate of drug-likeness (QED) is 0.768. The number of halogens is 1. The molecule has 102 valence electrons. The molecule has 0 aliphatic carbocycles. The van der Waals surface area contributed by atoms with Crippen molar-refractivity contribution >= 4 is 22.5 Å². The van der Waals surface area contributed by atoms with Crippen molar-refractivity contribution in [3.05, 3.63) is 64.8 Å². The number of methoxy groups -OCH3 is 1. The number of para-hydroxylation sites is 1. The highest BCUT2D eigenvalue weighted by molar-refractivity contribution is 6.30. The van der Waals surface area contributed by atoms with Gasteiger partial charge >= 0.3 is 0 Å². The molecule has 3 aromatic rings. The first kappa shape index (κ1) is 13.0. The Morgan fingerprint density at radius 1 is 1.15 bits per heavy atom. The number of hydrogen-bond donors (Lipinski definition) is 2. The number of nitrogens with one attached hydrogen (secondary N) is 1. The molecule has 0 spiro atoms. The summed E-state index contributed by atoms with van der Waals surface area (Å²) in [4.78, 5) is 3.24. The summed E-state index contributed by atoms with van der Waals surface area (Å²) < 4.78 is 5.38. The van der Waals surface area contributed by atoms with Gasteiger partial charge in [-0.1, -0.05) is 29.8 Å². The molecule has 2 aromatic carbocycles. The van der Waals surface area contributed by atoms with Gasteiger partial charge in [-0.05, 0) is 29.8 Å². The number of ether oxygens (including phenoxy) is 1. The summed E-state index contributed by atoms with van der Waals surface area (Å²) in [5, 5.41) is 1.76. The van der Waals surface area contributed by atoms with E-state index in [1.165, 1.54) is 0 Å². The highest BCUT2D eigenvalue weighted by atomic mass is 35.5. The van der Waals surface area contributed by atoms with Crippen molar-refractivity contribution in [2.75, 3.05) is 7.11 Å². The van der Waals surface area contributed by atoms with E-state index < -0.39 is 0 Å². The van der Waals surface area contributed by atoms with Gasteiger partial charge in [-0.3, -0.25) is 0 Å². The monoisotopic (exact) mass is 286 g/mol. The Morgan fingerprint density at radius 3 is 2.75 bits per heavy atom. The van der Waals surface area contributed by atoms with Gasteiger partial charge in [-0.25, -0.2) is 0 Å². The molecule has 20 heavy (non-hydrogen) atoms. The van der Waals surface area contributed by atoms with Crippen LogP contribution >= 0.6 is 11.6 Å². The zero-order valence-electron chi connectivity index (χ0n) is 11.1. The van der Waals surface area contributed by atoms with E-state index in [-0.39, 0.29) is 6.04 Å². The minimum Gasteiger partial charge on any atom is -0.496 e. The zero-order valence-corrected chi connectivity index (χ0v) is 11.8. The molecule has 0 aliphatic rings. The van der Waals surface area contributed by atoms with Crippen molar-refractivity contribution in [3.63, 3.8) is 0 Å². The number of H-pyrrole nitrogens is 1. The van der Waals surface area contributed by atoms with E-state index in [0.717, 1.165) is 27.8 Å². The second kappa shape index (κ2) is 5.19. The van der Waals surface area contributed by atoms with Crippen LogP contribution in [0.3, 0.4) is 0 Å². The second-order valence-electron chi connectivity index (χ2n) is 4.65. The van der Waals surface area contributed by atoms with Crippen molar-refractivity contribution in [1.82, 2.24) is 4.98 Å². The van der Waals surface area contributed by atoms with Crippen LogP contribution in [0.5, 0.6) is 5.75 Å². The van der Waals surface area contributed by atoms with Crippen molar-refractivity contribution in [2.45, 2.75) is 6.04 Å². The molecule has 1 unspecified atom stereocenters. The number of rotatable bonds is 3. The van der Waals surface area contributed by atoms with Gasteiger partial charge in [0.2, 0.25) is 0 Å². The standard InChI is InChI=1S/C16H15ClN2O/c1-20-15-7-6-10(17)8-12(15)16(18)13-9-19-14-5-3-2-4-11(13)14/h2-9,16,19H,18H2,1H3. The van der Waals surface area contributed by atoms with Gasteiger partial charge in [0.05, 0.1) is 13.2 Å². The highest BCUT2D eigenvalue weighted by Gasteiger charge is 2.17. The summed E-state index contributed by atoms with van der Waals surface area (Å²) in [6.45, 7) is 0. The Hall–Kier alpha value is -1.97. The van der Waals surface area contributed by atoms with Crippen LogP contribution < -0.4 is 10.5 Å². The van der Waals surface area contributed by atoms with Crippen LogP contribution in [-0.2, 0) is 0 Å². The minimum absolute atomic E-state index is 0.292. The summed E-state index contributed by atoms with van der Waals surface area (Å²) in [5.74, 6) is 0.743. The summed E-state index contributed by atoms with van der Waals surface area (Å²) >= 11 is 6.08.